The quantitative estimate of drug-likeness (QED) is 0.773. The van der Waals surface area contributed by atoms with E-state index in [1.54, 1.807) is 18.2 Å². The van der Waals surface area contributed by atoms with Crippen LogP contribution in [-0.2, 0) is 6.18 Å². The molecule has 27 heavy (non-hydrogen) atoms. The van der Waals surface area contributed by atoms with Gasteiger partial charge in [-0.05, 0) is 53.7 Å². The van der Waals surface area contributed by atoms with Crippen molar-refractivity contribution in [2.75, 3.05) is 7.11 Å². The summed E-state index contributed by atoms with van der Waals surface area (Å²) in [4.78, 5) is 16.3. The van der Waals surface area contributed by atoms with Crippen molar-refractivity contribution in [1.29, 1.82) is 0 Å². The summed E-state index contributed by atoms with van der Waals surface area (Å²) in [6.45, 7) is 0. The van der Waals surface area contributed by atoms with Gasteiger partial charge in [-0.2, -0.15) is 13.2 Å². The summed E-state index contributed by atoms with van der Waals surface area (Å²) in [5.41, 5.74) is -0.193. The third kappa shape index (κ3) is 4.43. The number of nitrogens with zero attached hydrogens (tertiary/aromatic N) is 1. The lowest BCUT2D eigenvalue weighted by Crippen LogP contribution is -2.18. The number of aliphatic imine (C=N–C) groups is 1. The molecule has 1 amide bonds. The lowest BCUT2D eigenvalue weighted by atomic mass is 10.2. The number of thioether (sulfide) groups is 1. The molecule has 2 aromatic rings. The number of hydrogen-bond acceptors (Lipinski definition) is 5. The summed E-state index contributed by atoms with van der Waals surface area (Å²) in [6, 6.07) is 9.17. The Bertz CT molecular complexity index is 955. The fourth-order valence-corrected chi connectivity index (χ4v) is 3.08. The average Bonchev–Trinajstić information content (AvgIpc) is 2.93. The number of ether oxygens (including phenoxy) is 1. The first-order valence-corrected chi connectivity index (χ1v) is 8.42. The number of carbonyl (C=O) groups excluding carboxylic acids is 1. The fourth-order valence-electron chi connectivity index (χ4n) is 2.34. The topological polar surface area (TPSA) is 70.9 Å². The molecule has 2 aromatic carbocycles. The zero-order valence-corrected chi connectivity index (χ0v) is 14.7. The van der Waals surface area contributed by atoms with Crippen LogP contribution >= 0.6 is 11.8 Å². The number of benzene rings is 2. The Morgan fingerprint density at radius 3 is 2.67 bits per heavy atom. The van der Waals surface area contributed by atoms with Crippen molar-refractivity contribution in [1.82, 2.24) is 5.32 Å². The van der Waals surface area contributed by atoms with Crippen molar-refractivity contribution in [3.8, 4) is 11.5 Å². The number of methoxy groups -OCH3 is 1. The van der Waals surface area contributed by atoms with Crippen molar-refractivity contribution in [2.45, 2.75) is 6.18 Å². The van der Waals surface area contributed by atoms with Gasteiger partial charge < -0.3 is 15.2 Å². The molecule has 0 unspecified atom stereocenters. The monoisotopic (exact) mass is 394 g/mol. The number of hydrogen-bond donors (Lipinski definition) is 2. The Morgan fingerprint density at radius 1 is 1.22 bits per heavy atom. The maximum Gasteiger partial charge on any atom is 0.416 e. The maximum absolute atomic E-state index is 12.8. The molecule has 9 heteroatoms. The molecule has 1 fully saturated rings. The lowest BCUT2D eigenvalue weighted by molar-refractivity contribution is -0.137. The zero-order chi connectivity index (χ0) is 19.6. The molecule has 0 bridgehead atoms. The highest BCUT2D eigenvalue weighted by molar-refractivity contribution is 8.18. The van der Waals surface area contributed by atoms with E-state index in [9.17, 15) is 23.1 Å². The van der Waals surface area contributed by atoms with E-state index in [-0.39, 0.29) is 17.3 Å². The van der Waals surface area contributed by atoms with Gasteiger partial charge in [0.2, 0.25) is 0 Å². The number of carbonyl (C=O) groups is 1. The number of phenols is 1. The lowest BCUT2D eigenvalue weighted by Gasteiger charge is -2.07. The minimum atomic E-state index is -4.48. The number of alkyl halides is 3. The van der Waals surface area contributed by atoms with E-state index >= 15 is 0 Å². The molecule has 1 aliphatic heterocycles. The molecule has 0 radical (unpaired) electrons. The van der Waals surface area contributed by atoms with E-state index in [4.69, 9.17) is 4.74 Å². The highest BCUT2D eigenvalue weighted by Gasteiger charge is 2.30. The summed E-state index contributed by atoms with van der Waals surface area (Å²) in [6.07, 6.45) is -2.89. The number of nitrogens with one attached hydrogen (secondary N) is 1. The van der Waals surface area contributed by atoms with Crippen molar-refractivity contribution in [3.05, 3.63) is 58.5 Å². The highest BCUT2D eigenvalue weighted by atomic mass is 32.2. The summed E-state index contributed by atoms with van der Waals surface area (Å²) < 4.78 is 43.5. The number of amides is 1. The Labute approximate surface area is 156 Å². The Hall–Kier alpha value is -2.94. The summed E-state index contributed by atoms with van der Waals surface area (Å²) in [5, 5.41) is 12.0. The maximum atomic E-state index is 12.8. The van der Waals surface area contributed by atoms with Crippen LogP contribution in [0.4, 0.5) is 23.7 Å². The SMILES string of the molecule is COc1ccc(/C=C2\SC(=O)NC2=Nc2cccc(C(F)(F)F)c2)cc1O. The van der Waals surface area contributed by atoms with Crippen LogP contribution in [0.2, 0.25) is 0 Å². The first kappa shape index (κ1) is 18.8. The molecular formula is C18H13F3N2O3S. The first-order valence-electron chi connectivity index (χ1n) is 7.60. The Morgan fingerprint density at radius 2 is 2.00 bits per heavy atom. The van der Waals surface area contributed by atoms with Gasteiger partial charge in [-0.25, -0.2) is 4.99 Å². The molecule has 0 saturated carbocycles. The molecule has 1 aliphatic rings. The van der Waals surface area contributed by atoms with E-state index in [0.29, 0.717) is 16.2 Å². The van der Waals surface area contributed by atoms with E-state index in [0.717, 1.165) is 23.9 Å². The molecule has 0 aliphatic carbocycles. The van der Waals surface area contributed by atoms with Crippen molar-refractivity contribution >= 4 is 34.6 Å². The molecular weight excluding hydrogens is 381 g/mol. The van der Waals surface area contributed by atoms with Gasteiger partial charge in [0.1, 0.15) is 5.84 Å². The van der Waals surface area contributed by atoms with E-state index in [1.807, 2.05) is 0 Å². The minimum Gasteiger partial charge on any atom is -0.504 e. The van der Waals surface area contributed by atoms with Gasteiger partial charge in [-0.3, -0.25) is 4.79 Å². The predicted octanol–water partition coefficient (Wildman–Crippen LogP) is 4.95. The van der Waals surface area contributed by atoms with Crippen LogP contribution in [0.3, 0.4) is 0 Å². The largest absolute Gasteiger partial charge is 0.504 e. The van der Waals surface area contributed by atoms with Gasteiger partial charge >= 0.3 is 6.18 Å². The van der Waals surface area contributed by atoms with Gasteiger partial charge in [-0.1, -0.05) is 12.1 Å². The summed E-state index contributed by atoms with van der Waals surface area (Å²) in [7, 11) is 1.42. The van der Waals surface area contributed by atoms with E-state index in [1.165, 1.54) is 25.3 Å². The van der Waals surface area contributed by atoms with E-state index in [2.05, 4.69) is 10.3 Å². The van der Waals surface area contributed by atoms with E-state index < -0.39 is 17.0 Å². The van der Waals surface area contributed by atoms with Crippen molar-refractivity contribution in [2.24, 2.45) is 4.99 Å². The van der Waals surface area contributed by atoms with Crippen LogP contribution < -0.4 is 10.1 Å². The number of halogens is 3. The van der Waals surface area contributed by atoms with Gasteiger partial charge in [-0.15, -0.1) is 0 Å². The molecule has 0 atom stereocenters. The van der Waals surface area contributed by atoms with Gasteiger partial charge in [0.15, 0.2) is 11.5 Å². The van der Waals surface area contributed by atoms with Gasteiger partial charge in [0, 0.05) is 0 Å². The second-order valence-electron chi connectivity index (χ2n) is 5.46. The Balaban J connectivity index is 1.96. The number of amidine groups is 1. The summed E-state index contributed by atoms with van der Waals surface area (Å²) in [5.74, 6) is 0.355. The number of aromatic hydroxyl groups is 1. The van der Waals surface area contributed by atoms with Crippen LogP contribution in [0, 0.1) is 0 Å². The smallest absolute Gasteiger partial charge is 0.416 e. The highest BCUT2D eigenvalue weighted by Crippen LogP contribution is 2.34. The van der Waals surface area contributed by atoms with Crippen LogP contribution in [0.25, 0.3) is 6.08 Å². The molecule has 3 rings (SSSR count). The van der Waals surface area contributed by atoms with Crippen LogP contribution in [0.1, 0.15) is 11.1 Å². The van der Waals surface area contributed by atoms with Crippen molar-refractivity contribution in [3.63, 3.8) is 0 Å². The second-order valence-corrected chi connectivity index (χ2v) is 6.48. The molecule has 5 nitrogen and oxygen atoms in total. The van der Waals surface area contributed by atoms with Crippen LogP contribution in [-0.4, -0.2) is 23.3 Å². The molecule has 2 N–H and O–H groups in total. The molecule has 140 valence electrons. The Kier molecular flexibility index (Phi) is 5.13. The standard InChI is InChI=1S/C18H13F3N2O3S/c1-26-14-6-5-10(7-13(14)24)8-15-16(23-17(25)27-15)22-12-4-2-3-11(9-12)18(19,20)21/h2-9,24H,1H3,(H,22,23,25)/b15-8-. The molecule has 1 heterocycles. The van der Waals surface area contributed by atoms with Gasteiger partial charge in [0.05, 0.1) is 23.3 Å². The molecule has 0 aromatic heterocycles. The molecule has 0 spiro atoms. The predicted molar refractivity (Wildman–Crippen MR) is 97.3 cm³/mol. The third-order valence-electron chi connectivity index (χ3n) is 3.57. The second kappa shape index (κ2) is 7.36. The van der Waals surface area contributed by atoms with Crippen LogP contribution in [0.5, 0.6) is 11.5 Å². The first-order chi connectivity index (χ1) is 12.8. The van der Waals surface area contributed by atoms with Crippen molar-refractivity contribution < 1.29 is 27.8 Å². The number of rotatable bonds is 3. The van der Waals surface area contributed by atoms with Gasteiger partial charge in [0.25, 0.3) is 5.24 Å². The normalized spacial score (nSPS) is 17.4. The number of phenolic OH excluding ortho intramolecular Hbond substituents is 1. The minimum absolute atomic E-state index is 0.0612. The zero-order valence-electron chi connectivity index (χ0n) is 13.9. The third-order valence-corrected chi connectivity index (χ3v) is 4.39. The summed E-state index contributed by atoms with van der Waals surface area (Å²) >= 11 is 0.858. The van der Waals surface area contributed by atoms with Crippen LogP contribution in [0.15, 0.2) is 52.4 Å². The fraction of sp³-hybridized carbons (Fsp3) is 0.111. The molecule has 1 saturated heterocycles. The average molecular weight is 394 g/mol.